The van der Waals surface area contributed by atoms with Crippen molar-refractivity contribution in [2.45, 2.75) is 32.4 Å². The largest absolute Gasteiger partial charge is 0.495 e. The van der Waals surface area contributed by atoms with Gasteiger partial charge in [0.15, 0.2) is 5.84 Å². The summed E-state index contributed by atoms with van der Waals surface area (Å²) >= 11 is 0. The number of oxime groups is 1. The molecule has 0 bridgehead atoms. The number of fused-ring (bicyclic) bond motifs is 1. The lowest BCUT2D eigenvalue weighted by Gasteiger charge is -2.39. The number of nitrogens with zero attached hydrogens (tertiary/aromatic N) is 4. The summed E-state index contributed by atoms with van der Waals surface area (Å²) in [5.41, 5.74) is 5.35. The first-order valence-electron chi connectivity index (χ1n) is 11.7. The van der Waals surface area contributed by atoms with E-state index < -0.39 is 0 Å². The van der Waals surface area contributed by atoms with Gasteiger partial charge in [0, 0.05) is 12.7 Å². The minimum atomic E-state index is 0.154. The Morgan fingerprint density at radius 2 is 2.06 bits per heavy atom. The molecule has 1 aromatic heterocycles. The van der Waals surface area contributed by atoms with Gasteiger partial charge in [0.1, 0.15) is 12.4 Å². The fourth-order valence-electron chi connectivity index (χ4n) is 4.50. The van der Waals surface area contributed by atoms with Gasteiger partial charge in [-0.2, -0.15) is 0 Å². The molecule has 0 spiro atoms. The van der Waals surface area contributed by atoms with E-state index in [1.54, 1.807) is 13.4 Å². The highest BCUT2D eigenvalue weighted by Gasteiger charge is 2.32. The van der Waals surface area contributed by atoms with Crippen LogP contribution in [0.25, 0.3) is 11.8 Å². The zero-order valence-corrected chi connectivity index (χ0v) is 19.7. The average Bonchev–Trinajstić information content (AvgIpc) is 3.31. The number of aromatic nitrogens is 2. The van der Waals surface area contributed by atoms with Crippen LogP contribution < -0.4 is 4.74 Å². The fraction of sp³-hybridized carbons (Fsp3) is 0.333. The minimum absolute atomic E-state index is 0.154. The van der Waals surface area contributed by atoms with Gasteiger partial charge < -0.3 is 23.8 Å². The number of benzene rings is 2. The first-order chi connectivity index (χ1) is 16.7. The summed E-state index contributed by atoms with van der Waals surface area (Å²) in [5.74, 6) is 1.72. The maximum atomic E-state index is 6.03. The van der Waals surface area contributed by atoms with Crippen LogP contribution in [0, 0.1) is 6.92 Å². The highest BCUT2D eigenvalue weighted by molar-refractivity contribution is 6.02. The molecule has 5 rings (SSSR count). The number of hydrogen-bond acceptors (Lipinski definition) is 6. The Balaban J connectivity index is 1.31. The molecule has 7 heteroatoms. The van der Waals surface area contributed by atoms with E-state index in [0.717, 1.165) is 47.9 Å². The Hall–Kier alpha value is -3.58. The standard InChI is InChI=1S/C27H30N4O3/c1-20-15-30(19-28-20)25-11-10-22(14-26(25)32-2)13-23-9-6-12-31-24(18-34-29-27(23)31)17-33-16-21-7-4-3-5-8-21/h3-5,7-8,10-11,13-15,19,24H,6,9,12,16-18H2,1-2H3/b23-13+/t24-/m1/s1. The lowest BCUT2D eigenvalue weighted by Crippen LogP contribution is -2.51. The molecule has 0 amide bonds. The lowest BCUT2D eigenvalue weighted by molar-refractivity contribution is 0.00269. The van der Waals surface area contributed by atoms with Gasteiger partial charge in [0.25, 0.3) is 0 Å². The summed E-state index contributed by atoms with van der Waals surface area (Å²) in [7, 11) is 1.70. The van der Waals surface area contributed by atoms with Crippen LogP contribution in [-0.2, 0) is 16.2 Å². The summed E-state index contributed by atoms with van der Waals surface area (Å²) < 4.78 is 13.7. The van der Waals surface area contributed by atoms with Gasteiger partial charge >= 0.3 is 0 Å². The fourth-order valence-corrected chi connectivity index (χ4v) is 4.50. The third-order valence-electron chi connectivity index (χ3n) is 6.22. The summed E-state index contributed by atoms with van der Waals surface area (Å²) in [4.78, 5) is 12.3. The molecule has 34 heavy (non-hydrogen) atoms. The molecule has 1 fully saturated rings. The van der Waals surface area contributed by atoms with E-state index in [4.69, 9.17) is 14.3 Å². The number of aryl methyl sites for hydroxylation is 1. The number of amidine groups is 1. The Bertz CT molecular complexity index is 1190. The Labute approximate surface area is 200 Å². The van der Waals surface area contributed by atoms with E-state index in [-0.39, 0.29) is 6.04 Å². The zero-order valence-electron chi connectivity index (χ0n) is 19.7. The van der Waals surface area contributed by atoms with Gasteiger partial charge in [-0.25, -0.2) is 4.98 Å². The summed E-state index contributed by atoms with van der Waals surface area (Å²) in [6.45, 7) is 4.68. The van der Waals surface area contributed by atoms with Crippen molar-refractivity contribution in [3.8, 4) is 11.4 Å². The van der Waals surface area contributed by atoms with Gasteiger partial charge in [-0.15, -0.1) is 0 Å². The molecule has 0 N–H and O–H groups in total. The van der Waals surface area contributed by atoms with Crippen LogP contribution in [0.3, 0.4) is 0 Å². The van der Waals surface area contributed by atoms with Crippen molar-refractivity contribution in [1.82, 2.24) is 14.5 Å². The van der Waals surface area contributed by atoms with Gasteiger partial charge in [0.2, 0.25) is 0 Å². The molecule has 0 saturated carbocycles. The molecule has 176 valence electrons. The molecule has 0 unspecified atom stereocenters. The molecule has 0 aliphatic carbocycles. The summed E-state index contributed by atoms with van der Waals surface area (Å²) in [5, 5.41) is 4.43. The van der Waals surface area contributed by atoms with Gasteiger partial charge in [-0.3, -0.25) is 0 Å². The Morgan fingerprint density at radius 1 is 1.18 bits per heavy atom. The lowest BCUT2D eigenvalue weighted by atomic mass is 9.98. The highest BCUT2D eigenvalue weighted by Crippen LogP contribution is 2.29. The molecule has 0 radical (unpaired) electrons. The van der Waals surface area contributed by atoms with Crippen LogP contribution in [0.5, 0.6) is 5.75 Å². The smallest absolute Gasteiger partial charge is 0.171 e. The molecule has 3 aromatic rings. The number of rotatable bonds is 7. The topological polar surface area (TPSA) is 61.1 Å². The summed E-state index contributed by atoms with van der Waals surface area (Å²) in [6.07, 6.45) is 8.01. The number of hydrogen-bond donors (Lipinski definition) is 0. The minimum Gasteiger partial charge on any atom is -0.495 e. The monoisotopic (exact) mass is 458 g/mol. The molecule has 1 atom stereocenters. The predicted molar refractivity (Wildman–Crippen MR) is 132 cm³/mol. The second-order valence-corrected chi connectivity index (χ2v) is 8.69. The first-order valence-corrected chi connectivity index (χ1v) is 11.7. The van der Waals surface area contributed by atoms with Crippen LogP contribution in [0.15, 0.2) is 71.8 Å². The SMILES string of the molecule is COc1cc(/C=C2\CCCN3C2=NOC[C@H]3COCc2ccccc2)ccc1-n1cnc(C)c1. The van der Waals surface area contributed by atoms with Crippen molar-refractivity contribution in [2.75, 3.05) is 26.9 Å². The van der Waals surface area contributed by atoms with Crippen LogP contribution >= 0.6 is 0 Å². The number of piperidine rings is 1. The molecular formula is C27H30N4O3. The van der Waals surface area contributed by atoms with E-state index in [2.05, 4.69) is 51.4 Å². The van der Waals surface area contributed by atoms with Crippen molar-refractivity contribution in [1.29, 1.82) is 0 Å². The van der Waals surface area contributed by atoms with E-state index in [0.29, 0.717) is 19.8 Å². The van der Waals surface area contributed by atoms with Crippen molar-refractivity contribution in [3.63, 3.8) is 0 Å². The van der Waals surface area contributed by atoms with Crippen molar-refractivity contribution >= 4 is 11.9 Å². The molecule has 2 aliphatic heterocycles. The molecule has 1 saturated heterocycles. The number of methoxy groups -OCH3 is 1. The molecule has 7 nitrogen and oxygen atoms in total. The number of ether oxygens (including phenoxy) is 2. The van der Waals surface area contributed by atoms with Crippen LogP contribution in [0.4, 0.5) is 0 Å². The van der Waals surface area contributed by atoms with Gasteiger partial charge in [0.05, 0.1) is 44.1 Å². The van der Waals surface area contributed by atoms with E-state index in [1.165, 1.54) is 11.1 Å². The van der Waals surface area contributed by atoms with Crippen LogP contribution in [-0.4, -0.2) is 53.2 Å². The Morgan fingerprint density at radius 3 is 2.85 bits per heavy atom. The summed E-state index contributed by atoms with van der Waals surface area (Å²) in [6, 6.07) is 16.6. The Kier molecular flexibility index (Phi) is 6.62. The molecule has 2 aromatic carbocycles. The molecule has 2 aliphatic rings. The van der Waals surface area contributed by atoms with E-state index >= 15 is 0 Å². The first kappa shape index (κ1) is 22.2. The van der Waals surface area contributed by atoms with E-state index in [1.807, 2.05) is 35.9 Å². The van der Waals surface area contributed by atoms with Gasteiger partial charge in [-0.05, 0) is 54.7 Å². The van der Waals surface area contributed by atoms with Crippen molar-refractivity contribution < 1.29 is 14.3 Å². The second-order valence-electron chi connectivity index (χ2n) is 8.69. The quantitative estimate of drug-likeness (QED) is 0.518. The highest BCUT2D eigenvalue weighted by atomic mass is 16.6. The second kappa shape index (κ2) is 10.1. The third-order valence-corrected chi connectivity index (χ3v) is 6.22. The zero-order chi connectivity index (χ0) is 23.3. The average molecular weight is 459 g/mol. The van der Waals surface area contributed by atoms with Crippen molar-refractivity contribution in [2.24, 2.45) is 5.16 Å². The third kappa shape index (κ3) is 4.84. The van der Waals surface area contributed by atoms with Gasteiger partial charge in [-0.1, -0.05) is 41.6 Å². The molecular weight excluding hydrogens is 428 g/mol. The van der Waals surface area contributed by atoms with Crippen LogP contribution in [0.2, 0.25) is 0 Å². The normalized spacial score (nSPS) is 18.9. The van der Waals surface area contributed by atoms with Crippen LogP contribution in [0.1, 0.15) is 29.7 Å². The predicted octanol–water partition coefficient (Wildman–Crippen LogP) is 4.60. The maximum absolute atomic E-state index is 6.03. The van der Waals surface area contributed by atoms with Crippen molar-refractivity contribution in [3.05, 3.63) is 83.4 Å². The van der Waals surface area contributed by atoms with E-state index in [9.17, 15) is 0 Å². The maximum Gasteiger partial charge on any atom is 0.171 e. The molecule has 3 heterocycles. The number of imidazole rings is 1.